The van der Waals surface area contributed by atoms with Crippen LogP contribution in [0.4, 0.5) is 4.79 Å². The summed E-state index contributed by atoms with van der Waals surface area (Å²) in [5.74, 6) is 2.12. The number of quaternary nitrogens is 1. The van der Waals surface area contributed by atoms with Crippen molar-refractivity contribution in [2.45, 2.75) is 50.6 Å². The smallest absolute Gasteiger partial charge is 0.322 e. The number of hydrogen-bond donors (Lipinski definition) is 3. The van der Waals surface area contributed by atoms with Gasteiger partial charge in [-0.3, -0.25) is 10.1 Å². The first-order chi connectivity index (χ1) is 12.5. The van der Waals surface area contributed by atoms with Crippen LogP contribution >= 0.6 is 0 Å². The van der Waals surface area contributed by atoms with Crippen LogP contribution in [0.2, 0.25) is 0 Å². The summed E-state index contributed by atoms with van der Waals surface area (Å²) in [6.07, 6.45) is 7.32. The normalized spacial score (nSPS) is 32.9. The maximum atomic E-state index is 12.4. The molecule has 5 heteroatoms. The molecule has 1 atom stereocenters. The van der Waals surface area contributed by atoms with Crippen molar-refractivity contribution in [2.75, 3.05) is 13.6 Å². The van der Waals surface area contributed by atoms with Gasteiger partial charge in [-0.25, -0.2) is 4.79 Å². The Kier molecular flexibility index (Phi) is 4.74. The van der Waals surface area contributed by atoms with Gasteiger partial charge in [0, 0.05) is 11.1 Å². The van der Waals surface area contributed by atoms with Crippen LogP contribution in [0.1, 0.15) is 44.1 Å². The van der Waals surface area contributed by atoms with E-state index in [0.717, 1.165) is 48.5 Å². The molecular weight excluding hydrogens is 326 g/mol. The Balaban J connectivity index is 1.26. The quantitative estimate of drug-likeness (QED) is 0.749. The van der Waals surface area contributed by atoms with Crippen molar-refractivity contribution in [2.24, 2.45) is 17.8 Å². The van der Waals surface area contributed by atoms with E-state index in [4.69, 9.17) is 0 Å². The third-order valence-corrected chi connectivity index (χ3v) is 6.48. The Hall–Kier alpha value is -1.88. The van der Waals surface area contributed by atoms with Crippen molar-refractivity contribution in [1.29, 1.82) is 0 Å². The Morgan fingerprint density at radius 3 is 2.19 bits per heavy atom. The molecule has 3 N–H and O–H groups in total. The summed E-state index contributed by atoms with van der Waals surface area (Å²) >= 11 is 0. The van der Waals surface area contributed by atoms with Gasteiger partial charge in [0.2, 0.25) is 0 Å². The average Bonchev–Trinajstić information content (AvgIpc) is 2.53. The summed E-state index contributed by atoms with van der Waals surface area (Å²) in [5, 5.41) is 5.76. The van der Waals surface area contributed by atoms with E-state index in [1.807, 2.05) is 25.2 Å². The largest absolute Gasteiger partial charge is 0.332 e. The van der Waals surface area contributed by atoms with Gasteiger partial charge in [-0.2, -0.15) is 0 Å². The molecule has 1 aromatic rings. The molecule has 4 saturated carbocycles. The highest BCUT2D eigenvalue weighted by Gasteiger charge is 2.51. The van der Waals surface area contributed by atoms with Gasteiger partial charge in [-0.15, -0.1) is 0 Å². The molecule has 0 heterocycles. The molecule has 5 nitrogen and oxygen atoms in total. The summed E-state index contributed by atoms with van der Waals surface area (Å²) in [7, 11) is 1.98. The molecule has 4 fully saturated rings. The zero-order chi connectivity index (χ0) is 18.1. The van der Waals surface area contributed by atoms with Crippen molar-refractivity contribution in [1.82, 2.24) is 10.6 Å². The van der Waals surface area contributed by atoms with E-state index in [0.29, 0.717) is 6.54 Å². The van der Waals surface area contributed by atoms with Crippen LogP contribution in [0.25, 0.3) is 0 Å². The van der Waals surface area contributed by atoms with E-state index in [1.165, 1.54) is 24.8 Å². The average molecular weight is 356 g/mol. The summed E-state index contributed by atoms with van der Waals surface area (Å²) < 4.78 is 0. The second-order valence-corrected chi connectivity index (χ2v) is 9.00. The van der Waals surface area contributed by atoms with Crippen LogP contribution in [0.3, 0.4) is 0 Å². The van der Waals surface area contributed by atoms with Gasteiger partial charge in [0.15, 0.2) is 6.54 Å². The predicted octanol–water partition coefficient (Wildman–Crippen LogP) is 1.50. The van der Waals surface area contributed by atoms with E-state index >= 15 is 0 Å². The molecule has 0 aromatic heterocycles. The van der Waals surface area contributed by atoms with Gasteiger partial charge < -0.3 is 10.2 Å². The monoisotopic (exact) mass is 356 g/mol. The fraction of sp³-hybridized carbons (Fsp3) is 0.619. The van der Waals surface area contributed by atoms with Crippen molar-refractivity contribution in [3.05, 3.63) is 35.9 Å². The van der Waals surface area contributed by atoms with Gasteiger partial charge in [0.25, 0.3) is 5.91 Å². The van der Waals surface area contributed by atoms with Gasteiger partial charge in [-0.05, 0) is 56.3 Å². The zero-order valence-electron chi connectivity index (χ0n) is 15.6. The number of carbonyl (C=O) groups excluding carboxylic acids is 2. The van der Waals surface area contributed by atoms with E-state index in [2.05, 4.69) is 22.8 Å². The lowest BCUT2D eigenvalue weighted by Gasteiger charge is -2.56. The third kappa shape index (κ3) is 3.93. The Morgan fingerprint density at radius 1 is 1.04 bits per heavy atom. The molecule has 0 spiro atoms. The molecule has 1 unspecified atom stereocenters. The molecule has 4 aliphatic rings. The fourth-order valence-corrected chi connectivity index (χ4v) is 5.99. The summed E-state index contributed by atoms with van der Waals surface area (Å²) in [4.78, 5) is 25.7. The zero-order valence-corrected chi connectivity index (χ0v) is 15.6. The fourth-order valence-electron chi connectivity index (χ4n) is 5.99. The molecule has 4 bridgehead atoms. The number of imide groups is 1. The van der Waals surface area contributed by atoms with E-state index in [-0.39, 0.29) is 17.5 Å². The standard InChI is InChI=1S/C21H29N3O2/c1-24(13-15-5-3-2-4-6-15)14-19(25)22-20(26)23-21-10-16-7-17(11-21)9-18(8-16)12-21/h2-6,16-18H,7-14H2,1H3,(H2,22,23,25,26)/p+1. The summed E-state index contributed by atoms with van der Waals surface area (Å²) in [6, 6.07) is 9.80. The number of benzene rings is 1. The maximum absolute atomic E-state index is 12.4. The lowest BCUT2D eigenvalue weighted by Crippen LogP contribution is -3.09. The SMILES string of the molecule is C[NH+](CC(=O)NC(=O)NC12CC3CC(CC(C3)C1)C2)Cc1ccccc1. The first-order valence-electron chi connectivity index (χ1n) is 9.97. The first kappa shape index (κ1) is 17.5. The topological polar surface area (TPSA) is 62.6 Å². The second kappa shape index (κ2) is 7.03. The van der Waals surface area contributed by atoms with Crippen molar-refractivity contribution in [3.8, 4) is 0 Å². The number of rotatable bonds is 5. The molecular formula is C21H30N3O2+. The van der Waals surface area contributed by atoms with Crippen molar-refractivity contribution < 1.29 is 14.5 Å². The Morgan fingerprint density at radius 2 is 1.62 bits per heavy atom. The predicted molar refractivity (Wildman–Crippen MR) is 99.5 cm³/mol. The second-order valence-electron chi connectivity index (χ2n) is 9.00. The molecule has 3 amide bonds. The van der Waals surface area contributed by atoms with Crippen LogP contribution in [-0.4, -0.2) is 31.1 Å². The van der Waals surface area contributed by atoms with Crippen molar-refractivity contribution >= 4 is 11.9 Å². The Bertz CT molecular complexity index is 638. The number of urea groups is 1. The summed E-state index contributed by atoms with van der Waals surface area (Å²) in [5.41, 5.74) is 1.14. The molecule has 0 aliphatic heterocycles. The van der Waals surface area contributed by atoms with Gasteiger partial charge in [-0.1, -0.05) is 30.3 Å². The van der Waals surface area contributed by atoms with Crippen LogP contribution in [0, 0.1) is 17.8 Å². The highest BCUT2D eigenvalue weighted by atomic mass is 16.2. The highest BCUT2D eigenvalue weighted by molar-refractivity contribution is 5.95. The van der Waals surface area contributed by atoms with E-state index in [9.17, 15) is 9.59 Å². The molecule has 1 aromatic carbocycles. The number of hydrogen-bond acceptors (Lipinski definition) is 2. The van der Waals surface area contributed by atoms with Gasteiger partial charge in [0.05, 0.1) is 7.05 Å². The minimum absolute atomic E-state index is 0.0537. The molecule has 4 aliphatic carbocycles. The molecule has 0 radical (unpaired) electrons. The van der Waals surface area contributed by atoms with Gasteiger partial charge in [0.1, 0.15) is 6.54 Å². The van der Waals surface area contributed by atoms with E-state index in [1.54, 1.807) is 0 Å². The molecule has 0 saturated heterocycles. The Labute approximate surface area is 155 Å². The van der Waals surface area contributed by atoms with Crippen molar-refractivity contribution in [3.63, 3.8) is 0 Å². The first-order valence-corrected chi connectivity index (χ1v) is 9.97. The van der Waals surface area contributed by atoms with Gasteiger partial charge >= 0.3 is 6.03 Å². The molecule has 140 valence electrons. The van der Waals surface area contributed by atoms with Crippen LogP contribution in [0.15, 0.2) is 30.3 Å². The van der Waals surface area contributed by atoms with Crippen LogP contribution in [0.5, 0.6) is 0 Å². The lowest BCUT2D eigenvalue weighted by atomic mass is 9.53. The molecule has 26 heavy (non-hydrogen) atoms. The van der Waals surface area contributed by atoms with Crippen LogP contribution < -0.4 is 15.5 Å². The van der Waals surface area contributed by atoms with E-state index < -0.39 is 0 Å². The number of likely N-dealkylation sites (N-methyl/N-ethyl adjacent to an activating group) is 1. The minimum atomic E-state index is -0.301. The highest BCUT2D eigenvalue weighted by Crippen LogP contribution is 2.55. The number of carbonyl (C=O) groups is 2. The summed E-state index contributed by atoms with van der Waals surface area (Å²) in [6.45, 7) is 1.06. The number of amides is 3. The maximum Gasteiger partial charge on any atom is 0.322 e. The third-order valence-electron chi connectivity index (χ3n) is 6.48. The number of nitrogens with one attached hydrogen (secondary N) is 3. The lowest BCUT2D eigenvalue weighted by molar-refractivity contribution is -0.885. The molecule has 5 rings (SSSR count). The minimum Gasteiger partial charge on any atom is -0.332 e. The van der Waals surface area contributed by atoms with Crippen LogP contribution in [-0.2, 0) is 11.3 Å².